The van der Waals surface area contributed by atoms with Crippen LogP contribution >= 0.6 is 11.3 Å². The summed E-state index contributed by atoms with van der Waals surface area (Å²) in [5.41, 5.74) is 5.42. The molecule has 0 spiro atoms. The Kier molecular flexibility index (Phi) is 5.17. The third-order valence-electron chi connectivity index (χ3n) is 6.49. The fourth-order valence-electron chi connectivity index (χ4n) is 4.71. The molecule has 1 fully saturated rings. The van der Waals surface area contributed by atoms with E-state index in [4.69, 9.17) is 0 Å². The summed E-state index contributed by atoms with van der Waals surface area (Å²) in [6, 6.07) is 18.1. The Balaban J connectivity index is 1.42. The van der Waals surface area contributed by atoms with Gasteiger partial charge in [-0.3, -0.25) is 0 Å². The molecule has 2 aromatic heterocycles. The topological polar surface area (TPSA) is 31.1 Å². The first-order chi connectivity index (χ1) is 14.2. The molecule has 3 heterocycles. The largest absolute Gasteiger partial charge is 0.354 e. The first-order valence-corrected chi connectivity index (χ1v) is 11.5. The van der Waals surface area contributed by atoms with E-state index in [1.165, 1.54) is 68.6 Å². The third kappa shape index (κ3) is 3.61. The molecule has 0 radical (unpaired) electrons. The van der Waals surface area contributed by atoms with E-state index in [1.807, 2.05) is 18.4 Å². The number of nitrogens with one attached hydrogen (secondary N) is 2. The minimum Gasteiger partial charge on any atom is -0.354 e. The maximum atomic E-state index is 3.70. The van der Waals surface area contributed by atoms with Gasteiger partial charge in [0.2, 0.25) is 0 Å². The molecular weight excluding hydrogens is 374 g/mol. The van der Waals surface area contributed by atoms with Crippen LogP contribution in [0.2, 0.25) is 0 Å². The lowest BCUT2D eigenvalue weighted by Crippen LogP contribution is -2.37. The minimum atomic E-state index is 0.687. The lowest BCUT2D eigenvalue weighted by molar-refractivity contribution is 0.214. The van der Waals surface area contributed by atoms with E-state index in [0.29, 0.717) is 5.92 Å². The van der Waals surface area contributed by atoms with E-state index < -0.39 is 0 Å². The zero-order chi connectivity index (χ0) is 19.8. The number of H-pyrrole nitrogens is 1. The number of rotatable bonds is 5. The number of nitrogens with zero attached hydrogens (tertiary/aromatic N) is 1. The van der Waals surface area contributed by atoms with Gasteiger partial charge in [-0.1, -0.05) is 24.3 Å². The first-order valence-electron chi connectivity index (χ1n) is 10.7. The molecule has 2 N–H and O–H groups in total. The molecule has 0 amide bonds. The normalized spacial score (nSPS) is 16.2. The predicted molar refractivity (Wildman–Crippen MR) is 126 cm³/mol. The molecule has 1 aliphatic rings. The van der Waals surface area contributed by atoms with Crippen LogP contribution < -0.4 is 5.32 Å². The molecule has 29 heavy (non-hydrogen) atoms. The summed E-state index contributed by atoms with van der Waals surface area (Å²) in [4.78, 5) is 7.62. The van der Waals surface area contributed by atoms with Crippen LogP contribution in [0.15, 0.2) is 48.5 Å². The van der Waals surface area contributed by atoms with E-state index in [0.717, 1.165) is 13.1 Å². The van der Waals surface area contributed by atoms with Gasteiger partial charge in [-0.15, -0.1) is 11.3 Å². The van der Waals surface area contributed by atoms with Crippen molar-refractivity contribution < 1.29 is 0 Å². The maximum absolute atomic E-state index is 3.70. The quantitative estimate of drug-likeness (QED) is 0.444. The smallest absolute Gasteiger partial charge is 0.0596 e. The maximum Gasteiger partial charge on any atom is 0.0596 e. The molecule has 0 atom stereocenters. The van der Waals surface area contributed by atoms with Crippen molar-refractivity contribution in [1.29, 1.82) is 0 Å². The van der Waals surface area contributed by atoms with Crippen LogP contribution in [0, 0.1) is 6.92 Å². The minimum absolute atomic E-state index is 0.687. The Hall–Kier alpha value is -2.14. The number of hydrogen-bond donors (Lipinski definition) is 2. The van der Waals surface area contributed by atoms with Crippen LogP contribution in [-0.4, -0.2) is 43.1 Å². The van der Waals surface area contributed by atoms with E-state index >= 15 is 0 Å². The molecule has 3 nitrogen and oxygen atoms in total. The van der Waals surface area contributed by atoms with E-state index in [1.54, 1.807) is 0 Å². The number of aryl methyl sites for hydroxylation is 1. The Morgan fingerprint density at radius 2 is 1.93 bits per heavy atom. The van der Waals surface area contributed by atoms with Gasteiger partial charge in [0.1, 0.15) is 0 Å². The summed E-state index contributed by atoms with van der Waals surface area (Å²) >= 11 is 1.88. The van der Waals surface area contributed by atoms with Crippen LogP contribution in [0.1, 0.15) is 29.9 Å². The molecular formula is C25H29N3S. The highest BCUT2D eigenvalue weighted by molar-refractivity contribution is 7.22. The number of hydrogen-bond acceptors (Lipinski definition) is 3. The van der Waals surface area contributed by atoms with Crippen molar-refractivity contribution in [2.75, 3.05) is 33.2 Å². The van der Waals surface area contributed by atoms with Crippen molar-refractivity contribution in [2.24, 2.45) is 0 Å². The van der Waals surface area contributed by atoms with E-state index in [2.05, 4.69) is 70.7 Å². The highest BCUT2D eigenvalue weighted by Crippen LogP contribution is 2.38. The Bertz CT molecular complexity index is 1100. The number of aromatic nitrogens is 1. The molecule has 5 rings (SSSR count). The number of fused-ring (bicyclic) bond motifs is 2. The van der Waals surface area contributed by atoms with Crippen molar-refractivity contribution in [2.45, 2.75) is 25.7 Å². The molecule has 1 saturated heterocycles. The molecule has 4 heteroatoms. The van der Waals surface area contributed by atoms with Crippen molar-refractivity contribution in [1.82, 2.24) is 15.2 Å². The number of likely N-dealkylation sites (tertiary alicyclic amines) is 1. The average Bonchev–Trinajstić information content (AvgIpc) is 3.33. The van der Waals surface area contributed by atoms with Gasteiger partial charge in [-0.25, -0.2) is 0 Å². The Morgan fingerprint density at radius 1 is 1.10 bits per heavy atom. The van der Waals surface area contributed by atoms with Gasteiger partial charge >= 0.3 is 0 Å². The third-order valence-corrected chi connectivity index (χ3v) is 7.62. The second-order valence-electron chi connectivity index (χ2n) is 8.30. The van der Waals surface area contributed by atoms with Crippen molar-refractivity contribution in [3.8, 4) is 10.6 Å². The zero-order valence-electron chi connectivity index (χ0n) is 17.3. The van der Waals surface area contributed by atoms with Gasteiger partial charge in [0.05, 0.1) is 10.6 Å². The first kappa shape index (κ1) is 18.9. The number of thiophene rings is 1. The summed E-state index contributed by atoms with van der Waals surface area (Å²) in [5, 5.41) is 5.98. The van der Waals surface area contributed by atoms with Gasteiger partial charge in [-0.2, -0.15) is 0 Å². The molecule has 0 aliphatic carbocycles. The standard InChI is InChI=1S/C25H29N3S/c1-17-21-15-19(18-9-12-28(13-10-18)14-11-26-2)7-8-22(21)27-25(17)24-16-20-5-3-4-6-23(20)29-24/h3-8,15-16,18,26-27H,9-14H2,1-2H3. The van der Waals surface area contributed by atoms with Gasteiger partial charge in [-0.05, 0) is 86.6 Å². The fourth-order valence-corrected chi connectivity index (χ4v) is 5.83. The SMILES string of the molecule is CNCCN1CCC(c2ccc3[nH]c(-c4cc5ccccc5s4)c(C)c3c2)CC1. The molecule has 0 saturated carbocycles. The second kappa shape index (κ2) is 7.94. The highest BCUT2D eigenvalue weighted by Gasteiger charge is 2.21. The molecule has 0 bridgehead atoms. The number of piperidine rings is 1. The summed E-state index contributed by atoms with van der Waals surface area (Å²) in [7, 11) is 2.04. The summed E-state index contributed by atoms with van der Waals surface area (Å²) in [6.07, 6.45) is 2.53. The molecule has 150 valence electrons. The number of aromatic amines is 1. The lowest BCUT2D eigenvalue weighted by Gasteiger charge is -2.32. The van der Waals surface area contributed by atoms with Gasteiger partial charge < -0.3 is 15.2 Å². The van der Waals surface area contributed by atoms with Crippen LogP contribution in [0.4, 0.5) is 0 Å². The fraction of sp³-hybridized carbons (Fsp3) is 0.360. The molecule has 4 aromatic rings. The number of benzene rings is 2. The van der Waals surface area contributed by atoms with Crippen molar-refractivity contribution in [3.05, 3.63) is 59.7 Å². The van der Waals surface area contributed by atoms with Gasteiger partial charge in [0.15, 0.2) is 0 Å². The van der Waals surface area contributed by atoms with Gasteiger partial charge in [0.25, 0.3) is 0 Å². The van der Waals surface area contributed by atoms with Crippen molar-refractivity contribution in [3.63, 3.8) is 0 Å². The van der Waals surface area contributed by atoms with Crippen molar-refractivity contribution >= 4 is 32.3 Å². The van der Waals surface area contributed by atoms with E-state index in [-0.39, 0.29) is 0 Å². The summed E-state index contributed by atoms with van der Waals surface area (Å²) in [6.45, 7) is 6.94. The molecule has 2 aromatic carbocycles. The second-order valence-corrected chi connectivity index (χ2v) is 9.38. The van der Waals surface area contributed by atoms with Crippen LogP contribution in [-0.2, 0) is 0 Å². The Morgan fingerprint density at radius 3 is 2.72 bits per heavy atom. The summed E-state index contributed by atoms with van der Waals surface area (Å²) in [5.74, 6) is 0.687. The lowest BCUT2D eigenvalue weighted by atomic mass is 9.88. The van der Waals surface area contributed by atoms with Gasteiger partial charge in [0, 0.05) is 28.7 Å². The van der Waals surface area contributed by atoms with Crippen LogP contribution in [0.25, 0.3) is 31.6 Å². The predicted octanol–water partition coefficient (Wildman–Crippen LogP) is 5.76. The molecule has 1 aliphatic heterocycles. The molecule has 0 unspecified atom stereocenters. The number of likely N-dealkylation sites (N-methyl/N-ethyl adjacent to an activating group) is 1. The van der Waals surface area contributed by atoms with E-state index in [9.17, 15) is 0 Å². The zero-order valence-corrected chi connectivity index (χ0v) is 18.1. The average molecular weight is 404 g/mol. The van der Waals surface area contributed by atoms with Crippen LogP contribution in [0.3, 0.4) is 0 Å². The summed E-state index contributed by atoms with van der Waals surface area (Å²) < 4.78 is 1.35. The van der Waals surface area contributed by atoms with Crippen LogP contribution in [0.5, 0.6) is 0 Å². The Labute approximate surface area is 176 Å². The highest BCUT2D eigenvalue weighted by atomic mass is 32.1. The monoisotopic (exact) mass is 403 g/mol.